The Kier molecular flexibility index (Phi) is 8.22. The highest BCUT2D eigenvalue weighted by Crippen LogP contribution is 2.24. The molecule has 0 bridgehead atoms. The van der Waals surface area contributed by atoms with E-state index in [0.29, 0.717) is 46.4 Å². The Labute approximate surface area is 195 Å². The fourth-order valence-corrected chi connectivity index (χ4v) is 3.52. The first-order chi connectivity index (χ1) is 15.4. The maximum atomic E-state index is 13.6. The Morgan fingerprint density at radius 3 is 2.44 bits per heavy atom. The third kappa shape index (κ3) is 6.29. The van der Waals surface area contributed by atoms with Crippen molar-refractivity contribution < 1.29 is 14.0 Å². The second kappa shape index (κ2) is 11.1. The molecule has 0 aliphatic carbocycles. The van der Waals surface area contributed by atoms with Crippen LogP contribution in [-0.4, -0.2) is 29.8 Å². The monoisotopic (exact) mass is 473 g/mol. The van der Waals surface area contributed by atoms with E-state index in [4.69, 9.17) is 28.9 Å². The smallest absolute Gasteiger partial charge is 0.255 e. The van der Waals surface area contributed by atoms with Gasteiger partial charge in [-0.2, -0.15) is 0 Å². The number of rotatable bonds is 8. The molecule has 3 aromatic rings. The summed E-state index contributed by atoms with van der Waals surface area (Å²) < 4.78 is 13.6. The Bertz CT molecular complexity index is 1120. The quantitative estimate of drug-likeness (QED) is 0.461. The molecule has 166 valence electrons. The maximum Gasteiger partial charge on any atom is 0.255 e. The molecule has 0 fully saturated rings. The zero-order valence-corrected chi connectivity index (χ0v) is 18.7. The molecule has 2 amide bonds. The van der Waals surface area contributed by atoms with Gasteiger partial charge in [-0.1, -0.05) is 35.3 Å². The van der Waals surface area contributed by atoms with Gasteiger partial charge in [0.15, 0.2) is 0 Å². The molecule has 8 heteroatoms. The van der Waals surface area contributed by atoms with E-state index < -0.39 is 5.82 Å². The molecule has 0 spiro atoms. The maximum absolute atomic E-state index is 13.6. The molecule has 0 radical (unpaired) electrons. The van der Waals surface area contributed by atoms with Gasteiger partial charge in [-0.25, -0.2) is 4.39 Å². The molecule has 0 aromatic heterocycles. The molecule has 3 N–H and O–H groups in total. The molecule has 0 heterocycles. The molecular weight excluding hydrogens is 452 g/mol. The third-order valence-corrected chi connectivity index (χ3v) is 5.35. The summed E-state index contributed by atoms with van der Waals surface area (Å²) in [5, 5.41) is 3.71. The van der Waals surface area contributed by atoms with E-state index in [1.807, 2.05) is 0 Å². The lowest BCUT2D eigenvalue weighted by atomic mass is 10.1. The molecule has 32 heavy (non-hydrogen) atoms. The fraction of sp³-hybridized carbons (Fsp3) is 0.167. The van der Waals surface area contributed by atoms with E-state index in [1.165, 1.54) is 18.2 Å². The van der Waals surface area contributed by atoms with Gasteiger partial charge in [0, 0.05) is 39.9 Å². The molecular formula is C24H22Cl2FN3O2. The van der Waals surface area contributed by atoms with Crippen LogP contribution < -0.4 is 11.1 Å². The minimum absolute atomic E-state index is 0.176. The van der Waals surface area contributed by atoms with Crippen LogP contribution in [0.15, 0.2) is 66.7 Å². The van der Waals surface area contributed by atoms with Crippen LogP contribution >= 0.6 is 23.2 Å². The molecule has 3 rings (SSSR count). The highest BCUT2D eigenvalue weighted by molar-refractivity contribution is 6.31. The van der Waals surface area contributed by atoms with Gasteiger partial charge < -0.3 is 16.0 Å². The predicted octanol–water partition coefficient (Wildman–Crippen LogP) is 5.38. The average molecular weight is 474 g/mol. The largest absolute Gasteiger partial charge is 0.334 e. The van der Waals surface area contributed by atoms with E-state index in [9.17, 15) is 14.0 Å². The van der Waals surface area contributed by atoms with Crippen LogP contribution in [0.3, 0.4) is 0 Å². The van der Waals surface area contributed by atoms with Crippen LogP contribution in [0.5, 0.6) is 0 Å². The topological polar surface area (TPSA) is 75.4 Å². The molecule has 0 unspecified atom stereocenters. The van der Waals surface area contributed by atoms with E-state index in [0.717, 1.165) is 0 Å². The van der Waals surface area contributed by atoms with Gasteiger partial charge >= 0.3 is 0 Å². The minimum atomic E-state index is -0.488. The van der Waals surface area contributed by atoms with Crippen LogP contribution in [0.1, 0.15) is 32.7 Å². The summed E-state index contributed by atoms with van der Waals surface area (Å²) in [5.41, 5.74) is 7.44. The van der Waals surface area contributed by atoms with E-state index in [-0.39, 0.29) is 23.9 Å². The zero-order chi connectivity index (χ0) is 23.1. The average Bonchev–Trinajstić information content (AvgIpc) is 2.78. The third-order valence-electron chi connectivity index (χ3n) is 4.74. The molecule has 5 nitrogen and oxygen atoms in total. The summed E-state index contributed by atoms with van der Waals surface area (Å²) in [5.74, 6) is -1.14. The Morgan fingerprint density at radius 2 is 1.72 bits per heavy atom. The normalized spacial score (nSPS) is 10.6. The summed E-state index contributed by atoms with van der Waals surface area (Å²) in [4.78, 5) is 27.1. The number of carbonyl (C=O) groups is 2. The van der Waals surface area contributed by atoms with Gasteiger partial charge in [0.2, 0.25) is 0 Å². The number of nitrogens with one attached hydrogen (secondary N) is 1. The highest BCUT2D eigenvalue weighted by Gasteiger charge is 2.18. The van der Waals surface area contributed by atoms with Crippen molar-refractivity contribution in [1.82, 2.24) is 4.90 Å². The van der Waals surface area contributed by atoms with Crippen molar-refractivity contribution in [3.63, 3.8) is 0 Å². The summed E-state index contributed by atoms with van der Waals surface area (Å²) in [6, 6.07) is 17.2. The van der Waals surface area contributed by atoms with Crippen molar-refractivity contribution in [3.8, 4) is 0 Å². The number of hydrogen-bond donors (Lipinski definition) is 2. The number of halogens is 3. The number of hydrogen-bond acceptors (Lipinski definition) is 3. The van der Waals surface area contributed by atoms with Crippen LogP contribution in [0, 0.1) is 5.82 Å². The van der Waals surface area contributed by atoms with Crippen molar-refractivity contribution >= 4 is 40.7 Å². The lowest BCUT2D eigenvalue weighted by Crippen LogP contribution is -2.32. The van der Waals surface area contributed by atoms with Crippen LogP contribution in [0.25, 0.3) is 0 Å². The summed E-state index contributed by atoms with van der Waals surface area (Å²) >= 11 is 12.3. The summed E-state index contributed by atoms with van der Waals surface area (Å²) in [7, 11) is 0. The molecule has 0 saturated heterocycles. The minimum Gasteiger partial charge on any atom is -0.334 e. The van der Waals surface area contributed by atoms with Crippen LogP contribution in [-0.2, 0) is 6.54 Å². The number of nitrogens with zero attached hydrogens (tertiary/aromatic N) is 1. The van der Waals surface area contributed by atoms with Crippen molar-refractivity contribution in [2.45, 2.75) is 13.0 Å². The lowest BCUT2D eigenvalue weighted by molar-refractivity contribution is 0.0741. The molecule has 3 aromatic carbocycles. The van der Waals surface area contributed by atoms with E-state index in [2.05, 4.69) is 5.32 Å². The second-order valence-corrected chi connectivity index (χ2v) is 7.99. The van der Waals surface area contributed by atoms with Gasteiger partial charge in [-0.15, -0.1) is 0 Å². The molecule has 0 saturated carbocycles. The van der Waals surface area contributed by atoms with Gasteiger partial charge in [-0.3, -0.25) is 9.59 Å². The van der Waals surface area contributed by atoms with Gasteiger partial charge in [0.1, 0.15) is 5.82 Å². The predicted molar refractivity (Wildman–Crippen MR) is 126 cm³/mol. The molecule has 0 atom stereocenters. The molecule has 0 aliphatic heterocycles. The summed E-state index contributed by atoms with van der Waals surface area (Å²) in [6.07, 6.45) is 0.573. The second-order valence-electron chi connectivity index (χ2n) is 7.15. The van der Waals surface area contributed by atoms with Crippen LogP contribution in [0.4, 0.5) is 10.1 Å². The lowest BCUT2D eigenvalue weighted by Gasteiger charge is -2.24. The number of nitrogens with two attached hydrogens (primary N) is 1. The Morgan fingerprint density at radius 1 is 0.969 bits per heavy atom. The number of anilines is 1. The summed E-state index contributed by atoms with van der Waals surface area (Å²) in [6.45, 7) is 0.951. The zero-order valence-electron chi connectivity index (χ0n) is 17.2. The van der Waals surface area contributed by atoms with Gasteiger partial charge in [0.05, 0.1) is 0 Å². The number of benzene rings is 3. The van der Waals surface area contributed by atoms with Crippen molar-refractivity contribution in [1.29, 1.82) is 0 Å². The first-order valence-corrected chi connectivity index (χ1v) is 10.7. The van der Waals surface area contributed by atoms with E-state index in [1.54, 1.807) is 53.4 Å². The first kappa shape index (κ1) is 23.7. The number of carbonyl (C=O) groups excluding carboxylic acids is 2. The van der Waals surface area contributed by atoms with Gasteiger partial charge in [-0.05, 0) is 73.1 Å². The fourth-order valence-electron chi connectivity index (χ4n) is 3.15. The Balaban J connectivity index is 1.81. The molecule has 0 aliphatic rings. The number of amides is 2. The van der Waals surface area contributed by atoms with Crippen LogP contribution in [0.2, 0.25) is 10.0 Å². The SMILES string of the molecule is NCCCN(Cc1cc(NC(=O)c2cccc(Cl)c2)ccc1Cl)C(=O)c1cccc(F)c1. The first-order valence-electron chi connectivity index (χ1n) is 9.97. The highest BCUT2D eigenvalue weighted by atomic mass is 35.5. The Hall–Kier alpha value is -2.93. The van der Waals surface area contributed by atoms with Gasteiger partial charge in [0.25, 0.3) is 11.8 Å². The standard InChI is InChI=1S/C24H22Cl2FN3O2/c25-19-6-1-4-16(12-19)23(31)29-21-8-9-22(26)18(14-21)15-30(11-3-10-28)24(32)17-5-2-7-20(27)13-17/h1-2,4-9,12-14H,3,10-11,15,28H2,(H,29,31). The van der Waals surface area contributed by atoms with Crippen molar-refractivity contribution in [3.05, 3.63) is 99.3 Å². The van der Waals surface area contributed by atoms with Crippen molar-refractivity contribution in [2.75, 3.05) is 18.4 Å². The van der Waals surface area contributed by atoms with E-state index >= 15 is 0 Å². The van der Waals surface area contributed by atoms with Crippen molar-refractivity contribution in [2.24, 2.45) is 5.73 Å².